The second-order valence-electron chi connectivity index (χ2n) is 4.94. The molecule has 3 rings (SSSR count). The van der Waals surface area contributed by atoms with Gasteiger partial charge in [-0.2, -0.15) is 15.4 Å². The van der Waals surface area contributed by atoms with Gasteiger partial charge in [-0.25, -0.2) is 8.42 Å². The molecule has 2 aromatic carbocycles. The van der Waals surface area contributed by atoms with Gasteiger partial charge in [0.05, 0.1) is 10.6 Å². The van der Waals surface area contributed by atoms with E-state index in [1.807, 2.05) is 0 Å². The van der Waals surface area contributed by atoms with Crippen molar-refractivity contribution in [3.63, 3.8) is 0 Å². The van der Waals surface area contributed by atoms with E-state index in [9.17, 15) is 13.2 Å². The molecular weight excluding hydrogens is 316 g/mol. The third-order valence-electron chi connectivity index (χ3n) is 3.36. The zero-order chi connectivity index (χ0) is 16.4. The van der Waals surface area contributed by atoms with Crippen LogP contribution in [0.3, 0.4) is 0 Å². The van der Waals surface area contributed by atoms with Crippen molar-refractivity contribution in [3.8, 4) is 0 Å². The summed E-state index contributed by atoms with van der Waals surface area (Å²) in [5.41, 5.74) is 1.95. The first-order valence-electron chi connectivity index (χ1n) is 6.96. The molecule has 23 heavy (non-hydrogen) atoms. The minimum absolute atomic E-state index is 0.0389. The Labute approximate surface area is 132 Å². The molecule has 1 aromatic heterocycles. The first-order valence-corrected chi connectivity index (χ1v) is 8.44. The zero-order valence-corrected chi connectivity index (χ0v) is 13.1. The van der Waals surface area contributed by atoms with Gasteiger partial charge in [0.1, 0.15) is 11.0 Å². The molecule has 0 radical (unpaired) electrons. The Morgan fingerprint density at radius 3 is 2.70 bits per heavy atom. The number of ketones is 1. The van der Waals surface area contributed by atoms with E-state index >= 15 is 0 Å². The summed E-state index contributed by atoms with van der Waals surface area (Å²) in [6.07, 6.45) is 0.319. The summed E-state index contributed by atoms with van der Waals surface area (Å²) >= 11 is 0. The monoisotopic (exact) mass is 330 g/mol. The van der Waals surface area contributed by atoms with E-state index < -0.39 is 10.0 Å². The number of sulfonamides is 1. The number of nitrogens with one attached hydrogen (secondary N) is 2. The number of anilines is 1. The van der Waals surface area contributed by atoms with Crippen LogP contribution in [-0.4, -0.2) is 29.6 Å². The van der Waals surface area contributed by atoms with Crippen LogP contribution in [-0.2, 0) is 10.0 Å². The van der Waals surface area contributed by atoms with Gasteiger partial charge in [0.2, 0.25) is 0 Å². The number of Topliss-reactive ketones (excluding diaryl/α,β-unsaturated/α-hetero) is 1. The summed E-state index contributed by atoms with van der Waals surface area (Å²) < 4.78 is 27.4. The molecular formula is C15H14N4O3S. The first kappa shape index (κ1) is 15.2. The van der Waals surface area contributed by atoms with Gasteiger partial charge in [-0.1, -0.05) is 19.1 Å². The van der Waals surface area contributed by atoms with Crippen molar-refractivity contribution >= 4 is 32.5 Å². The van der Waals surface area contributed by atoms with Crippen LogP contribution >= 0.6 is 0 Å². The number of fused-ring (bicyclic) bond motifs is 1. The number of aromatic nitrogens is 3. The number of hydrogen-bond donors (Lipinski definition) is 2. The Morgan fingerprint density at radius 2 is 1.91 bits per heavy atom. The van der Waals surface area contributed by atoms with Crippen LogP contribution in [0.15, 0.2) is 47.4 Å². The highest BCUT2D eigenvalue weighted by Gasteiger charge is 2.16. The van der Waals surface area contributed by atoms with E-state index in [0.29, 0.717) is 28.7 Å². The van der Waals surface area contributed by atoms with Crippen LogP contribution < -0.4 is 4.72 Å². The number of aromatic amines is 1. The molecule has 3 aromatic rings. The minimum Gasteiger partial charge on any atom is -0.294 e. The number of nitrogens with zero attached hydrogens (tertiary/aromatic N) is 2. The molecule has 1 heterocycles. The lowest BCUT2D eigenvalue weighted by molar-refractivity contribution is 0.0988. The van der Waals surface area contributed by atoms with Crippen LogP contribution in [0.1, 0.15) is 23.7 Å². The zero-order valence-electron chi connectivity index (χ0n) is 12.3. The van der Waals surface area contributed by atoms with Gasteiger partial charge >= 0.3 is 0 Å². The molecule has 0 fully saturated rings. The lowest BCUT2D eigenvalue weighted by Crippen LogP contribution is -2.13. The third-order valence-corrected chi connectivity index (χ3v) is 4.73. The summed E-state index contributed by atoms with van der Waals surface area (Å²) in [6.45, 7) is 1.73. The van der Waals surface area contributed by atoms with Crippen molar-refractivity contribution in [1.82, 2.24) is 15.4 Å². The van der Waals surface area contributed by atoms with Crippen molar-refractivity contribution in [2.24, 2.45) is 0 Å². The Hall–Kier alpha value is -2.74. The van der Waals surface area contributed by atoms with Crippen molar-refractivity contribution in [2.45, 2.75) is 18.2 Å². The molecule has 0 aliphatic heterocycles. The number of benzene rings is 2. The smallest absolute Gasteiger partial charge is 0.261 e. The fraction of sp³-hybridized carbons (Fsp3) is 0.133. The van der Waals surface area contributed by atoms with Crippen molar-refractivity contribution < 1.29 is 13.2 Å². The number of carbonyl (C=O) groups excluding carboxylic acids is 1. The number of rotatable bonds is 5. The number of carbonyl (C=O) groups is 1. The third kappa shape index (κ3) is 3.07. The predicted molar refractivity (Wildman–Crippen MR) is 85.8 cm³/mol. The van der Waals surface area contributed by atoms with Gasteiger partial charge in [-0.15, -0.1) is 0 Å². The number of H-pyrrole nitrogens is 1. The van der Waals surface area contributed by atoms with Crippen molar-refractivity contribution in [3.05, 3.63) is 48.0 Å². The van der Waals surface area contributed by atoms with Crippen LogP contribution in [0.25, 0.3) is 11.0 Å². The predicted octanol–water partition coefficient (Wildman–Crippen LogP) is 2.35. The molecule has 0 spiro atoms. The van der Waals surface area contributed by atoms with Crippen LogP contribution in [0.5, 0.6) is 0 Å². The van der Waals surface area contributed by atoms with Crippen molar-refractivity contribution in [1.29, 1.82) is 0 Å². The Balaban J connectivity index is 1.93. The quantitative estimate of drug-likeness (QED) is 0.699. The van der Waals surface area contributed by atoms with E-state index in [4.69, 9.17) is 0 Å². The molecule has 8 heteroatoms. The van der Waals surface area contributed by atoms with E-state index in [-0.39, 0.29) is 10.7 Å². The average molecular weight is 330 g/mol. The highest BCUT2D eigenvalue weighted by molar-refractivity contribution is 7.92. The molecule has 118 valence electrons. The fourth-order valence-electron chi connectivity index (χ4n) is 2.16. The molecule has 0 saturated carbocycles. The summed E-state index contributed by atoms with van der Waals surface area (Å²) in [5.74, 6) is -0.105. The number of hydrogen-bond acceptors (Lipinski definition) is 5. The van der Waals surface area contributed by atoms with Gasteiger partial charge in [-0.05, 0) is 30.3 Å². The molecule has 0 unspecified atom stereocenters. The first-order chi connectivity index (χ1) is 11.0. The Bertz CT molecular complexity index is 979. The van der Waals surface area contributed by atoms with Gasteiger partial charge in [0.25, 0.3) is 10.0 Å². The van der Waals surface area contributed by atoms with Crippen molar-refractivity contribution in [2.75, 3.05) is 4.72 Å². The topological polar surface area (TPSA) is 105 Å². The lowest BCUT2D eigenvalue weighted by atomic mass is 10.1. The van der Waals surface area contributed by atoms with E-state index in [1.165, 1.54) is 12.1 Å². The maximum atomic E-state index is 12.5. The van der Waals surface area contributed by atoms with E-state index in [0.717, 1.165) is 0 Å². The Morgan fingerprint density at radius 1 is 1.13 bits per heavy atom. The normalized spacial score (nSPS) is 11.5. The second kappa shape index (κ2) is 5.81. The molecule has 0 aliphatic rings. The summed E-state index contributed by atoms with van der Waals surface area (Å²) in [7, 11) is -3.79. The molecule has 0 saturated heterocycles. The van der Waals surface area contributed by atoms with E-state index in [2.05, 4.69) is 20.1 Å². The van der Waals surface area contributed by atoms with Crippen LogP contribution in [0, 0.1) is 0 Å². The lowest BCUT2D eigenvalue weighted by Gasteiger charge is -2.09. The van der Waals surface area contributed by atoms with Crippen LogP contribution in [0.4, 0.5) is 5.69 Å². The van der Waals surface area contributed by atoms with Crippen LogP contribution in [0.2, 0.25) is 0 Å². The highest BCUT2D eigenvalue weighted by atomic mass is 32.2. The van der Waals surface area contributed by atoms with Gasteiger partial charge in [0.15, 0.2) is 5.78 Å². The van der Waals surface area contributed by atoms with Gasteiger partial charge in [-0.3, -0.25) is 9.52 Å². The van der Waals surface area contributed by atoms with E-state index in [1.54, 1.807) is 37.3 Å². The standard InChI is InChI=1S/C15H14N4O3S/c1-2-15(20)10-4-3-5-12(8-10)23(21,22)18-11-6-7-13-14(9-11)17-19-16-13/h3-9,18H,2H2,1H3,(H,16,17,19). The molecule has 7 nitrogen and oxygen atoms in total. The van der Waals surface area contributed by atoms with Gasteiger partial charge < -0.3 is 0 Å². The molecule has 2 N–H and O–H groups in total. The highest BCUT2D eigenvalue weighted by Crippen LogP contribution is 2.20. The molecule has 0 atom stereocenters. The second-order valence-corrected chi connectivity index (χ2v) is 6.62. The van der Waals surface area contributed by atoms with Gasteiger partial charge in [0, 0.05) is 12.0 Å². The summed E-state index contributed by atoms with van der Waals surface area (Å²) in [5, 5.41) is 10.3. The largest absolute Gasteiger partial charge is 0.294 e. The maximum absolute atomic E-state index is 12.5. The SMILES string of the molecule is CCC(=O)c1cccc(S(=O)(=O)Nc2ccc3n[nH]nc3c2)c1. The molecule has 0 amide bonds. The average Bonchev–Trinajstić information content (AvgIpc) is 3.01. The Kier molecular flexibility index (Phi) is 3.83. The summed E-state index contributed by atoms with van der Waals surface area (Å²) in [6, 6.07) is 10.8. The molecule has 0 bridgehead atoms. The molecule has 0 aliphatic carbocycles. The summed E-state index contributed by atoms with van der Waals surface area (Å²) in [4.78, 5) is 11.8. The minimum atomic E-state index is -3.79. The maximum Gasteiger partial charge on any atom is 0.261 e. The fourth-order valence-corrected chi connectivity index (χ4v) is 3.25.